The number of amides is 2. The number of para-hydroxylation sites is 1. The van der Waals surface area contributed by atoms with Crippen molar-refractivity contribution in [2.24, 2.45) is 5.92 Å². The molecule has 3 atom stereocenters. The maximum atomic E-state index is 13.3. The Morgan fingerprint density at radius 1 is 0.828 bits per heavy atom. The van der Waals surface area contributed by atoms with Crippen molar-refractivity contribution in [3.05, 3.63) is 96.3 Å². The van der Waals surface area contributed by atoms with Gasteiger partial charge in [0.1, 0.15) is 5.92 Å². The van der Waals surface area contributed by atoms with Gasteiger partial charge in [0, 0.05) is 12.4 Å². The summed E-state index contributed by atoms with van der Waals surface area (Å²) in [6.45, 7) is 0.253. The Balaban J connectivity index is 1.52. The van der Waals surface area contributed by atoms with E-state index in [1.807, 2.05) is 72.8 Å². The van der Waals surface area contributed by atoms with E-state index in [4.69, 9.17) is 4.84 Å². The van der Waals surface area contributed by atoms with E-state index < -0.39 is 18.1 Å². The number of hydrogen-bond donors (Lipinski definition) is 0. The van der Waals surface area contributed by atoms with Crippen LogP contribution in [0.4, 0.5) is 5.69 Å². The van der Waals surface area contributed by atoms with Gasteiger partial charge in [-0.25, -0.2) is 5.06 Å². The molecule has 2 aliphatic rings. The zero-order valence-corrected chi connectivity index (χ0v) is 15.6. The Kier molecular flexibility index (Phi) is 4.33. The summed E-state index contributed by atoms with van der Waals surface area (Å²) in [7, 11) is 0. The molecule has 0 aliphatic carbocycles. The minimum absolute atomic E-state index is 0.205. The van der Waals surface area contributed by atoms with E-state index in [1.54, 1.807) is 17.5 Å². The van der Waals surface area contributed by atoms with Gasteiger partial charge in [-0.15, -0.1) is 0 Å². The van der Waals surface area contributed by atoms with Crippen molar-refractivity contribution >= 4 is 17.5 Å². The second-order valence-corrected chi connectivity index (χ2v) is 7.19. The SMILES string of the molecule is O=C1[C@H]2[C@H](ON(c3ccccc3)[C@@H]2c2ccncc2)C(=O)N1Cc1ccccc1. The van der Waals surface area contributed by atoms with Crippen LogP contribution in [-0.4, -0.2) is 27.8 Å². The van der Waals surface area contributed by atoms with Gasteiger partial charge >= 0.3 is 0 Å². The molecule has 5 rings (SSSR count). The number of nitrogens with zero attached hydrogens (tertiary/aromatic N) is 3. The summed E-state index contributed by atoms with van der Waals surface area (Å²) in [4.78, 5) is 37.9. The van der Waals surface area contributed by atoms with Crippen molar-refractivity contribution in [2.75, 3.05) is 5.06 Å². The fraction of sp³-hybridized carbons (Fsp3) is 0.174. The standard InChI is InChI=1S/C23H19N3O3/c27-22-19-20(17-11-13-24-14-12-17)26(18-9-5-2-6-10-18)29-21(19)23(28)25(22)15-16-7-3-1-4-8-16/h1-14,19-21H,15H2/t19-,20-,21+/m1/s1. The third-order valence-electron chi connectivity index (χ3n) is 5.45. The molecule has 3 heterocycles. The number of imide groups is 1. The van der Waals surface area contributed by atoms with Crippen molar-refractivity contribution in [1.82, 2.24) is 9.88 Å². The fourth-order valence-corrected chi connectivity index (χ4v) is 4.09. The van der Waals surface area contributed by atoms with E-state index in [0.29, 0.717) is 0 Å². The summed E-state index contributed by atoms with van der Waals surface area (Å²) in [6.07, 6.45) is 2.55. The lowest BCUT2D eigenvalue weighted by Gasteiger charge is -2.28. The van der Waals surface area contributed by atoms with E-state index in [0.717, 1.165) is 16.8 Å². The smallest absolute Gasteiger partial charge is 0.262 e. The molecule has 3 aromatic rings. The number of hydroxylamine groups is 1. The van der Waals surface area contributed by atoms with Gasteiger partial charge in [-0.3, -0.25) is 24.3 Å². The minimum atomic E-state index is -0.829. The highest BCUT2D eigenvalue weighted by Gasteiger charge is 2.59. The maximum Gasteiger partial charge on any atom is 0.262 e. The Morgan fingerprint density at radius 3 is 2.17 bits per heavy atom. The van der Waals surface area contributed by atoms with E-state index >= 15 is 0 Å². The molecular weight excluding hydrogens is 366 g/mol. The highest BCUT2D eigenvalue weighted by atomic mass is 16.7. The number of likely N-dealkylation sites (tertiary alicyclic amines) is 1. The van der Waals surface area contributed by atoms with Crippen LogP contribution >= 0.6 is 0 Å². The number of carbonyl (C=O) groups excluding carboxylic acids is 2. The van der Waals surface area contributed by atoms with Crippen LogP contribution in [0.1, 0.15) is 17.2 Å². The first-order chi connectivity index (χ1) is 14.2. The molecule has 0 N–H and O–H groups in total. The summed E-state index contributed by atoms with van der Waals surface area (Å²) < 4.78 is 0. The van der Waals surface area contributed by atoms with Crippen LogP contribution in [0.15, 0.2) is 85.2 Å². The summed E-state index contributed by atoms with van der Waals surface area (Å²) in [6, 6.07) is 22.4. The lowest BCUT2D eigenvalue weighted by Crippen LogP contribution is -2.36. The molecule has 2 saturated heterocycles. The molecule has 144 valence electrons. The molecule has 0 radical (unpaired) electrons. The molecule has 2 aliphatic heterocycles. The molecule has 2 aromatic carbocycles. The van der Waals surface area contributed by atoms with Gasteiger partial charge in [0.05, 0.1) is 18.3 Å². The maximum absolute atomic E-state index is 13.3. The first-order valence-corrected chi connectivity index (χ1v) is 9.54. The summed E-state index contributed by atoms with van der Waals surface area (Å²) in [5.74, 6) is -1.10. The first-order valence-electron chi connectivity index (χ1n) is 9.54. The average molecular weight is 385 g/mol. The number of pyridine rings is 1. The molecular formula is C23H19N3O3. The minimum Gasteiger partial charge on any atom is -0.275 e. The molecule has 0 bridgehead atoms. The van der Waals surface area contributed by atoms with Crippen molar-refractivity contribution in [2.45, 2.75) is 18.7 Å². The summed E-state index contributed by atoms with van der Waals surface area (Å²) >= 11 is 0. The Hall–Kier alpha value is -3.51. The third-order valence-corrected chi connectivity index (χ3v) is 5.45. The molecule has 0 saturated carbocycles. The Morgan fingerprint density at radius 2 is 1.48 bits per heavy atom. The van der Waals surface area contributed by atoms with Crippen molar-refractivity contribution in [3.8, 4) is 0 Å². The summed E-state index contributed by atoms with van der Waals surface area (Å²) in [5, 5.41) is 1.69. The van der Waals surface area contributed by atoms with Crippen LogP contribution < -0.4 is 5.06 Å². The first kappa shape index (κ1) is 17.6. The fourth-order valence-electron chi connectivity index (χ4n) is 4.09. The normalized spacial score (nSPS) is 23.5. The van der Waals surface area contributed by atoms with E-state index in [-0.39, 0.29) is 18.4 Å². The predicted octanol–water partition coefficient (Wildman–Crippen LogP) is 3.13. The van der Waals surface area contributed by atoms with Crippen LogP contribution in [0, 0.1) is 5.92 Å². The predicted molar refractivity (Wildman–Crippen MR) is 106 cm³/mol. The zero-order chi connectivity index (χ0) is 19.8. The number of carbonyl (C=O) groups is 2. The molecule has 2 fully saturated rings. The number of hydrogen-bond acceptors (Lipinski definition) is 5. The highest BCUT2D eigenvalue weighted by Crippen LogP contribution is 2.46. The monoisotopic (exact) mass is 385 g/mol. The van der Waals surface area contributed by atoms with Crippen LogP contribution in [0.2, 0.25) is 0 Å². The van der Waals surface area contributed by atoms with Crippen LogP contribution in [0.3, 0.4) is 0 Å². The molecule has 6 nitrogen and oxygen atoms in total. The van der Waals surface area contributed by atoms with Gasteiger partial charge in [0.2, 0.25) is 5.91 Å². The van der Waals surface area contributed by atoms with Crippen LogP contribution in [0.5, 0.6) is 0 Å². The van der Waals surface area contributed by atoms with Gasteiger partial charge in [-0.1, -0.05) is 48.5 Å². The molecule has 2 amide bonds. The largest absolute Gasteiger partial charge is 0.275 e. The zero-order valence-electron chi connectivity index (χ0n) is 15.6. The van der Waals surface area contributed by atoms with Gasteiger partial charge in [-0.2, -0.15) is 0 Å². The van der Waals surface area contributed by atoms with E-state index in [1.165, 1.54) is 4.90 Å². The molecule has 1 aromatic heterocycles. The van der Waals surface area contributed by atoms with Gasteiger partial charge in [0.15, 0.2) is 6.10 Å². The Labute approximate surface area is 168 Å². The third kappa shape index (κ3) is 2.98. The van der Waals surface area contributed by atoms with Crippen molar-refractivity contribution < 1.29 is 14.4 Å². The van der Waals surface area contributed by atoms with Crippen molar-refractivity contribution in [3.63, 3.8) is 0 Å². The van der Waals surface area contributed by atoms with Gasteiger partial charge < -0.3 is 0 Å². The van der Waals surface area contributed by atoms with E-state index in [9.17, 15) is 9.59 Å². The van der Waals surface area contributed by atoms with Crippen LogP contribution in [-0.2, 0) is 21.0 Å². The summed E-state index contributed by atoms with van der Waals surface area (Å²) in [5.41, 5.74) is 2.60. The van der Waals surface area contributed by atoms with Crippen molar-refractivity contribution in [1.29, 1.82) is 0 Å². The molecule has 6 heteroatoms. The molecule has 29 heavy (non-hydrogen) atoms. The molecule has 0 unspecified atom stereocenters. The molecule has 0 spiro atoms. The number of anilines is 1. The average Bonchev–Trinajstić information content (AvgIpc) is 3.28. The van der Waals surface area contributed by atoms with Gasteiger partial charge in [0.25, 0.3) is 5.91 Å². The topological polar surface area (TPSA) is 62.7 Å². The highest BCUT2D eigenvalue weighted by molar-refractivity contribution is 6.07. The quantitative estimate of drug-likeness (QED) is 0.646. The lowest BCUT2D eigenvalue weighted by atomic mass is 9.91. The lowest BCUT2D eigenvalue weighted by molar-refractivity contribution is -0.143. The van der Waals surface area contributed by atoms with E-state index in [2.05, 4.69) is 4.98 Å². The Bertz CT molecular complexity index is 1030. The van der Waals surface area contributed by atoms with Crippen LogP contribution in [0.25, 0.3) is 0 Å². The number of aromatic nitrogens is 1. The second-order valence-electron chi connectivity index (χ2n) is 7.19. The number of rotatable bonds is 4. The number of benzene rings is 2. The second kappa shape index (κ2) is 7.14. The number of fused-ring (bicyclic) bond motifs is 1. The van der Waals surface area contributed by atoms with Gasteiger partial charge in [-0.05, 0) is 35.4 Å².